The first-order valence-electron chi connectivity index (χ1n) is 13.9. The number of amides is 1. The Labute approximate surface area is 222 Å². The smallest absolute Gasteiger partial charge is 0.255 e. The van der Waals surface area contributed by atoms with Gasteiger partial charge in [-0.2, -0.15) is 5.10 Å². The van der Waals surface area contributed by atoms with Crippen molar-refractivity contribution in [2.75, 3.05) is 19.6 Å². The van der Waals surface area contributed by atoms with E-state index in [2.05, 4.69) is 49.7 Å². The normalized spacial score (nSPS) is 21.8. The van der Waals surface area contributed by atoms with Gasteiger partial charge in [-0.1, -0.05) is 24.3 Å². The van der Waals surface area contributed by atoms with E-state index in [1.165, 1.54) is 55.5 Å². The Bertz CT molecular complexity index is 1520. The van der Waals surface area contributed by atoms with Crippen LogP contribution in [0.25, 0.3) is 33.4 Å². The lowest BCUT2D eigenvalue weighted by Gasteiger charge is -2.25. The van der Waals surface area contributed by atoms with Crippen molar-refractivity contribution < 1.29 is 9.53 Å². The predicted molar refractivity (Wildman–Crippen MR) is 148 cm³/mol. The van der Waals surface area contributed by atoms with E-state index in [0.717, 1.165) is 41.1 Å². The lowest BCUT2D eigenvalue weighted by atomic mass is 9.96. The number of fused-ring (bicyclic) bond motifs is 3. The van der Waals surface area contributed by atoms with Gasteiger partial charge in [-0.3, -0.25) is 9.89 Å². The van der Waals surface area contributed by atoms with Crippen LogP contribution < -0.4 is 10.1 Å². The molecule has 7 rings (SSSR count). The van der Waals surface area contributed by atoms with E-state index in [1.807, 2.05) is 31.3 Å². The summed E-state index contributed by atoms with van der Waals surface area (Å²) in [5.41, 5.74) is 8.28. The summed E-state index contributed by atoms with van der Waals surface area (Å²) >= 11 is 0. The third kappa shape index (κ3) is 4.25. The Morgan fingerprint density at radius 2 is 1.76 bits per heavy atom. The van der Waals surface area contributed by atoms with Gasteiger partial charge in [0.15, 0.2) is 5.65 Å². The molecule has 0 spiro atoms. The van der Waals surface area contributed by atoms with Crippen LogP contribution in [0.4, 0.5) is 0 Å². The minimum atomic E-state index is -0.107. The highest BCUT2D eigenvalue weighted by Gasteiger charge is 2.25. The van der Waals surface area contributed by atoms with Gasteiger partial charge in [0.1, 0.15) is 11.9 Å². The Morgan fingerprint density at radius 1 is 0.947 bits per heavy atom. The summed E-state index contributed by atoms with van der Waals surface area (Å²) in [7, 11) is 0. The summed E-state index contributed by atoms with van der Waals surface area (Å²) in [6.45, 7) is 4.99. The van der Waals surface area contributed by atoms with Crippen LogP contribution in [0.5, 0.6) is 5.75 Å². The summed E-state index contributed by atoms with van der Waals surface area (Å²) in [6.07, 6.45) is 9.35. The molecule has 3 aliphatic rings. The zero-order chi connectivity index (χ0) is 25.6. The van der Waals surface area contributed by atoms with Crippen molar-refractivity contribution in [3.63, 3.8) is 0 Å². The predicted octanol–water partition coefficient (Wildman–Crippen LogP) is 5.15. The van der Waals surface area contributed by atoms with Crippen molar-refractivity contribution in [2.24, 2.45) is 0 Å². The van der Waals surface area contributed by atoms with Gasteiger partial charge < -0.3 is 15.0 Å². The minimum Gasteiger partial charge on any atom is -0.488 e. The minimum absolute atomic E-state index is 0.0962. The van der Waals surface area contributed by atoms with E-state index >= 15 is 0 Å². The number of ether oxygens (including phenoxy) is 1. The number of rotatable bonds is 3. The summed E-state index contributed by atoms with van der Waals surface area (Å²) in [5.74, 6) is 0.485. The molecule has 4 heterocycles. The molecular formula is C31H33N5O2. The first-order valence-corrected chi connectivity index (χ1v) is 13.9. The number of aryl methyl sites for hydroxylation is 2. The maximum Gasteiger partial charge on any atom is 0.255 e. The summed E-state index contributed by atoms with van der Waals surface area (Å²) in [4.78, 5) is 19.8. The molecule has 0 radical (unpaired) electrons. The highest BCUT2D eigenvalue weighted by atomic mass is 16.5. The monoisotopic (exact) mass is 507 g/mol. The molecule has 7 nitrogen and oxygen atoms in total. The van der Waals surface area contributed by atoms with Gasteiger partial charge >= 0.3 is 0 Å². The fourth-order valence-corrected chi connectivity index (χ4v) is 6.37. The van der Waals surface area contributed by atoms with Crippen molar-refractivity contribution in [1.29, 1.82) is 0 Å². The molecule has 194 valence electrons. The van der Waals surface area contributed by atoms with Crippen LogP contribution in [-0.4, -0.2) is 57.8 Å². The van der Waals surface area contributed by atoms with Crippen LogP contribution in [0.1, 0.15) is 54.1 Å². The first kappa shape index (κ1) is 23.4. The maximum absolute atomic E-state index is 12.4. The van der Waals surface area contributed by atoms with E-state index in [9.17, 15) is 4.79 Å². The largest absolute Gasteiger partial charge is 0.488 e. The van der Waals surface area contributed by atoms with Gasteiger partial charge in [-0.25, -0.2) is 4.98 Å². The average Bonchev–Trinajstić information content (AvgIpc) is 3.54. The summed E-state index contributed by atoms with van der Waals surface area (Å²) in [6, 6.07) is 15.5. The maximum atomic E-state index is 12.4. The molecule has 2 aliphatic heterocycles. The Balaban J connectivity index is 1.20. The molecule has 2 unspecified atom stereocenters. The quantitative estimate of drug-likeness (QED) is 0.375. The fourth-order valence-electron chi connectivity index (χ4n) is 6.37. The number of H-pyrrole nitrogens is 1. The zero-order valence-electron chi connectivity index (χ0n) is 21.8. The number of benzene rings is 2. The second kappa shape index (κ2) is 9.55. The Hall–Kier alpha value is -3.71. The highest BCUT2D eigenvalue weighted by Crippen LogP contribution is 2.34. The van der Waals surface area contributed by atoms with Crippen LogP contribution in [0, 0.1) is 0 Å². The molecule has 0 bridgehead atoms. The van der Waals surface area contributed by atoms with Gasteiger partial charge in [0.25, 0.3) is 5.91 Å². The van der Waals surface area contributed by atoms with Gasteiger partial charge in [0, 0.05) is 28.8 Å². The van der Waals surface area contributed by atoms with Crippen molar-refractivity contribution in [3.05, 3.63) is 65.4 Å². The molecule has 38 heavy (non-hydrogen) atoms. The van der Waals surface area contributed by atoms with Crippen molar-refractivity contribution in [2.45, 2.75) is 57.6 Å². The topological polar surface area (TPSA) is 83.1 Å². The number of likely N-dealkylation sites (tertiary alicyclic amines) is 1. The SMILES string of the molecule is CC1CNC(=O)c2ccc(-c3[nH]nc4ncc(-c5ccc6c(c5)CCC(N5CCCC5)CC6)cc34)cc2O1. The molecule has 2 N–H and O–H groups in total. The van der Waals surface area contributed by atoms with E-state index in [1.54, 1.807) is 0 Å². The molecule has 1 fully saturated rings. The molecule has 2 aromatic heterocycles. The van der Waals surface area contributed by atoms with Gasteiger partial charge in [0.05, 0.1) is 17.8 Å². The van der Waals surface area contributed by atoms with Crippen LogP contribution >= 0.6 is 0 Å². The fraction of sp³-hybridized carbons (Fsp3) is 0.387. The van der Waals surface area contributed by atoms with Crippen molar-refractivity contribution in [1.82, 2.24) is 25.4 Å². The van der Waals surface area contributed by atoms with Crippen LogP contribution in [0.3, 0.4) is 0 Å². The average molecular weight is 508 g/mol. The number of aromatic amines is 1. The molecule has 1 amide bonds. The van der Waals surface area contributed by atoms with E-state index in [4.69, 9.17) is 4.74 Å². The van der Waals surface area contributed by atoms with E-state index in [-0.39, 0.29) is 12.0 Å². The molecule has 1 aliphatic carbocycles. The van der Waals surface area contributed by atoms with Crippen molar-refractivity contribution >= 4 is 16.9 Å². The third-order valence-corrected chi connectivity index (χ3v) is 8.49. The molecule has 0 saturated carbocycles. The standard InChI is InChI=1S/C31H33N5O2/c1-19-17-33-31(37)26-11-8-23(16-28(26)38-19)29-27-15-24(18-32-30(27)35-34-29)22-5-4-20-6-9-25(10-7-21(20)14-22)36-12-2-3-13-36/h4-5,8,11,14-16,18-19,25H,2-3,6-7,9-10,12-13,17H2,1H3,(H,33,37)(H,32,34,35). The molecule has 2 aromatic carbocycles. The number of carbonyl (C=O) groups excluding carboxylic acids is 1. The van der Waals surface area contributed by atoms with Crippen LogP contribution in [0.2, 0.25) is 0 Å². The highest BCUT2D eigenvalue weighted by molar-refractivity contribution is 5.99. The first-order chi connectivity index (χ1) is 18.6. The third-order valence-electron chi connectivity index (χ3n) is 8.49. The molecule has 2 atom stereocenters. The number of hydrogen-bond acceptors (Lipinski definition) is 5. The van der Waals surface area contributed by atoms with Crippen LogP contribution in [-0.2, 0) is 12.8 Å². The van der Waals surface area contributed by atoms with Gasteiger partial charge in [0.2, 0.25) is 0 Å². The van der Waals surface area contributed by atoms with Crippen molar-refractivity contribution in [3.8, 4) is 28.1 Å². The number of hydrogen-bond donors (Lipinski definition) is 2. The number of carbonyl (C=O) groups is 1. The van der Waals surface area contributed by atoms with E-state index < -0.39 is 0 Å². The van der Waals surface area contributed by atoms with Gasteiger partial charge in [-0.15, -0.1) is 0 Å². The number of nitrogens with zero attached hydrogens (tertiary/aromatic N) is 3. The van der Waals surface area contributed by atoms with Crippen LogP contribution in [0.15, 0.2) is 48.7 Å². The second-order valence-electron chi connectivity index (χ2n) is 11.0. The molecule has 1 saturated heterocycles. The molecule has 4 aromatic rings. The van der Waals surface area contributed by atoms with Gasteiger partial charge in [-0.05, 0) is 93.4 Å². The molecular weight excluding hydrogens is 474 g/mol. The molecule has 7 heteroatoms. The number of aromatic nitrogens is 3. The summed E-state index contributed by atoms with van der Waals surface area (Å²) < 4.78 is 6.04. The Kier molecular flexibility index (Phi) is 5.88. The second-order valence-corrected chi connectivity index (χ2v) is 11.0. The Morgan fingerprint density at radius 3 is 2.63 bits per heavy atom. The lowest BCUT2D eigenvalue weighted by molar-refractivity contribution is 0.0952. The zero-order valence-corrected chi connectivity index (χ0v) is 21.8. The van der Waals surface area contributed by atoms with E-state index in [0.29, 0.717) is 23.5 Å². The number of nitrogens with one attached hydrogen (secondary N) is 2. The summed E-state index contributed by atoms with van der Waals surface area (Å²) in [5, 5.41) is 11.5. The number of pyridine rings is 1. The lowest BCUT2D eigenvalue weighted by Crippen LogP contribution is -2.32.